The Morgan fingerprint density at radius 2 is 2.17 bits per heavy atom. The maximum absolute atomic E-state index is 5.76. The molecule has 0 aliphatic carbocycles. The number of hydrogen-bond donors (Lipinski definition) is 1. The monoisotopic (exact) mass is 268 g/mol. The van der Waals surface area contributed by atoms with Crippen LogP contribution in [0.4, 0.5) is 5.95 Å². The highest BCUT2D eigenvalue weighted by atomic mass is 32.2. The van der Waals surface area contributed by atoms with Crippen LogP contribution in [0.5, 0.6) is 0 Å². The van der Waals surface area contributed by atoms with E-state index in [2.05, 4.69) is 20.3 Å². The van der Waals surface area contributed by atoms with Crippen molar-refractivity contribution in [2.24, 2.45) is 0 Å². The zero-order chi connectivity index (χ0) is 13.1. The fourth-order valence-electron chi connectivity index (χ4n) is 1.49. The molecule has 0 bridgehead atoms. The quantitative estimate of drug-likeness (QED) is 0.824. The molecule has 18 heavy (non-hydrogen) atoms. The summed E-state index contributed by atoms with van der Waals surface area (Å²) in [4.78, 5) is 4.24. The summed E-state index contributed by atoms with van der Waals surface area (Å²) < 4.78 is 6.99. The summed E-state index contributed by atoms with van der Waals surface area (Å²) in [6.45, 7) is 6.05. The fraction of sp³-hybridized carbons (Fsp3) is 0.600. The first-order chi connectivity index (χ1) is 8.61. The second-order valence-corrected chi connectivity index (χ2v) is 4.99. The first-order valence-corrected chi connectivity index (χ1v) is 6.75. The molecule has 2 rings (SSSR count). The van der Waals surface area contributed by atoms with Crippen LogP contribution in [-0.2, 0) is 12.2 Å². The second-order valence-electron chi connectivity index (χ2n) is 4.05. The van der Waals surface area contributed by atoms with Crippen LogP contribution in [0.1, 0.15) is 38.5 Å². The van der Waals surface area contributed by atoms with Crippen LogP contribution in [0.3, 0.4) is 0 Å². The smallest absolute Gasteiger partial charge is 0.237 e. The first-order valence-electron chi connectivity index (χ1n) is 5.76. The van der Waals surface area contributed by atoms with E-state index in [-0.39, 0.29) is 6.04 Å². The van der Waals surface area contributed by atoms with Crippen molar-refractivity contribution in [1.82, 2.24) is 24.9 Å². The highest BCUT2D eigenvalue weighted by Gasteiger charge is 2.14. The van der Waals surface area contributed by atoms with E-state index in [4.69, 9.17) is 10.3 Å². The van der Waals surface area contributed by atoms with Gasteiger partial charge in [0.05, 0.1) is 5.75 Å². The predicted molar refractivity (Wildman–Crippen MR) is 68.1 cm³/mol. The third-order valence-electron chi connectivity index (χ3n) is 2.36. The van der Waals surface area contributed by atoms with E-state index in [1.807, 2.05) is 25.3 Å². The van der Waals surface area contributed by atoms with Crippen LogP contribution in [0.25, 0.3) is 0 Å². The van der Waals surface area contributed by atoms with Gasteiger partial charge < -0.3 is 10.3 Å². The minimum Gasteiger partial charge on any atom is -0.368 e. The third-order valence-corrected chi connectivity index (χ3v) is 3.29. The van der Waals surface area contributed by atoms with Gasteiger partial charge in [-0.3, -0.25) is 4.57 Å². The summed E-state index contributed by atoms with van der Waals surface area (Å²) in [5, 5.41) is 12.5. The van der Waals surface area contributed by atoms with E-state index in [9.17, 15) is 0 Å². The summed E-state index contributed by atoms with van der Waals surface area (Å²) >= 11 is 1.49. The second kappa shape index (κ2) is 5.38. The van der Waals surface area contributed by atoms with Crippen LogP contribution < -0.4 is 5.73 Å². The molecule has 0 aromatic carbocycles. The molecule has 0 aliphatic rings. The number of nitrogens with zero attached hydrogens (tertiary/aromatic N) is 5. The number of nitrogen functional groups attached to an aromatic ring is 1. The van der Waals surface area contributed by atoms with E-state index >= 15 is 0 Å². The Kier molecular flexibility index (Phi) is 3.85. The lowest BCUT2D eigenvalue weighted by molar-refractivity contribution is 0.385. The number of aryl methyl sites for hydroxylation is 1. The first kappa shape index (κ1) is 12.9. The van der Waals surface area contributed by atoms with Gasteiger partial charge in [-0.2, -0.15) is 4.98 Å². The van der Waals surface area contributed by atoms with Crippen molar-refractivity contribution in [2.45, 2.75) is 44.1 Å². The SMILES string of the molecule is CCc1noc(CSc2nnc(N)n2C(C)C)n1. The normalized spacial score (nSPS) is 11.3. The van der Waals surface area contributed by atoms with Gasteiger partial charge in [-0.1, -0.05) is 23.8 Å². The van der Waals surface area contributed by atoms with Crippen LogP contribution in [-0.4, -0.2) is 24.9 Å². The molecule has 98 valence electrons. The molecule has 0 unspecified atom stereocenters. The van der Waals surface area contributed by atoms with Crippen LogP contribution >= 0.6 is 11.8 Å². The van der Waals surface area contributed by atoms with Crippen molar-refractivity contribution in [2.75, 3.05) is 5.73 Å². The van der Waals surface area contributed by atoms with Gasteiger partial charge in [0.25, 0.3) is 0 Å². The number of thioether (sulfide) groups is 1. The fourth-order valence-corrected chi connectivity index (χ4v) is 2.40. The standard InChI is InChI=1S/C10H16N6OS/c1-4-7-12-8(17-15-7)5-18-10-14-13-9(11)16(10)6(2)3/h6H,4-5H2,1-3H3,(H2,11,13). The maximum Gasteiger partial charge on any atom is 0.237 e. The number of rotatable bonds is 5. The number of anilines is 1. The van der Waals surface area contributed by atoms with Crippen molar-refractivity contribution in [1.29, 1.82) is 0 Å². The Balaban J connectivity index is 2.06. The van der Waals surface area contributed by atoms with Gasteiger partial charge in [0.1, 0.15) is 0 Å². The molecule has 0 radical (unpaired) electrons. The van der Waals surface area contributed by atoms with E-state index in [0.29, 0.717) is 17.6 Å². The van der Waals surface area contributed by atoms with Gasteiger partial charge in [-0.05, 0) is 13.8 Å². The molecule has 0 saturated heterocycles. The molecule has 7 nitrogen and oxygen atoms in total. The Labute approximate surface area is 109 Å². The molecular weight excluding hydrogens is 252 g/mol. The summed E-state index contributed by atoms with van der Waals surface area (Å²) in [6, 6.07) is 0.219. The maximum atomic E-state index is 5.76. The van der Waals surface area contributed by atoms with E-state index in [1.165, 1.54) is 11.8 Å². The van der Waals surface area contributed by atoms with Gasteiger partial charge in [0, 0.05) is 12.5 Å². The van der Waals surface area contributed by atoms with Crippen molar-refractivity contribution in [3.63, 3.8) is 0 Å². The molecule has 8 heteroatoms. The number of nitrogens with two attached hydrogens (primary N) is 1. The average molecular weight is 268 g/mol. The van der Waals surface area contributed by atoms with E-state index < -0.39 is 0 Å². The largest absolute Gasteiger partial charge is 0.368 e. The van der Waals surface area contributed by atoms with Crippen LogP contribution in [0.15, 0.2) is 9.68 Å². The third kappa shape index (κ3) is 2.63. The van der Waals surface area contributed by atoms with Gasteiger partial charge in [0.15, 0.2) is 11.0 Å². The highest BCUT2D eigenvalue weighted by Crippen LogP contribution is 2.25. The summed E-state index contributed by atoms with van der Waals surface area (Å²) in [6.07, 6.45) is 0.767. The molecule has 2 N–H and O–H groups in total. The van der Waals surface area contributed by atoms with Gasteiger partial charge in [-0.15, -0.1) is 10.2 Å². The van der Waals surface area contributed by atoms with Crippen molar-refractivity contribution in [3.05, 3.63) is 11.7 Å². The van der Waals surface area contributed by atoms with Crippen molar-refractivity contribution in [3.8, 4) is 0 Å². The lowest BCUT2D eigenvalue weighted by Gasteiger charge is -2.10. The Morgan fingerprint density at radius 3 is 2.78 bits per heavy atom. The van der Waals surface area contributed by atoms with Gasteiger partial charge >= 0.3 is 0 Å². The molecule has 0 amide bonds. The predicted octanol–water partition coefficient (Wildman–Crippen LogP) is 1.68. The minimum absolute atomic E-state index is 0.219. The summed E-state index contributed by atoms with van der Waals surface area (Å²) in [7, 11) is 0. The average Bonchev–Trinajstić information content (AvgIpc) is 2.92. The molecule has 0 atom stereocenters. The highest BCUT2D eigenvalue weighted by molar-refractivity contribution is 7.98. The molecule has 0 fully saturated rings. The van der Waals surface area contributed by atoms with E-state index in [0.717, 1.165) is 17.4 Å². The zero-order valence-corrected chi connectivity index (χ0v) is 11.4. The molecule has 2 heterocycles. The number of hydrogen-bond acceptors (Lipinski definition) is 7. The topological polar surface area (TPSA) is 95.6 Å². The number of aromatic nitrogens is 5. The molecule has 0 saturated carbocycles. The minimum atomic E-state index is 0.219. The lowest BCUT2D eigenvalue weighted by atomic mass is 10.4. The van der Waals surface area contributed by atoms with Gasteiger partial charge in [-0.25, -0.2) is 0 Å². The lowest BCUT2D eigenvalue weighted by Crippen LogP contribution is -2.07. The van der Waals surface area contributed by atoms with Crippen LogP contribution in [0.2, 0.25) is 0 Å². The van der Waals surface area contributed by atoms with Crippen molar-refractivity contribution >= 4 is 17.7 Å². The zero-order valence-electron chi connectivity index (χ0n) is 10.6. The molecular formula is C10H16N6OS. The molecule has 2 aromatic heterocycles. The van der Waals surface area contributed by atoms with Gasteiger partial charge in [0.2, 0.25) is 11.8 Å². The molecule has 2 aromatic rings. The van der Waals surface area contributed by atoms with Crippen molar-refractivity contribution < 1.29 is 4.52 Å². The summed E-state index contributed by atoms with van der Waals surface area (Å²) in [5.41, 5.74) is 5.76. The Hall–Kier alpha value is -1.57. The van der Waals surface area contributed by atoms with E-state index in [1.54, 1.807) is 0 Å². The Bertz CT molecular complexity index is 520. The molecule has 0 spiro atoms. The van der Waals surface area contributed by atoms with Crippen LogP contribution in [0, 0.1) is 0 Å². The molecule has 0 aliphatic heterocycles. The summed E-state index contributed by atoms with van der Waals surface area (Å²) in [5.74, 6) is 2.30. The Morgan fingerprint density at radius 1 is 1.39 bits per heavy atom.